The molecule has 0 aromatic heterocycles. The van der Waals surface area contributed by atoms with Crippen molar-refractivity contribution in [3.63, 3.8) is 0 Å². The molecule has 0 aliphatic rings. The van der Waals surface area contributed by atoms with Crippen molar-refractivity contribution >= 4 is 16.8 Å². The van der Waals surface area contributed by atoms with Crippen molar-refractivity contribution < 1.29 is 9.53 Å². The van der Waals surface area contributed by atoms with Crippen LogP contribution in [0.4, 0.5) is 0 Å². The van der Waals surface area contributed by atoms with E-state index in [-0.39, 0.29) is 5.24 Å². The Kier molecular flexibility index (Phi) is 5.19. The highest BCUT2D eigenvalue weighted by atomic mass is 35.5. The summed E-state index contributed by atoms with van der Waals surface area (Å²) in [6.07, 6.45) is 2.12. The second-order valence-corrected chi connectivity index (χ2v) is 3.71. The summed E-state index contributed by atoms with van der Waals surface area (Å²) in [5.74, 6) is 0.884. The van der Waals surface area contributed by atoms with Gasteiger partial charge in [-0.1, -0.05) is 12.1 Å². The van der Waals surface area contributed by atoms with E-state index >= 15 is 0 Å². The average molecular weight is 227 g/mol. The van der Waals surface area contributed by atoms with E-state index < -0.39 is 0 Å². The molecule has 0 unspecified atom stereocenters. The normalized spacial score (nSPS) is 10.0. The van der Waals surface area contributed by atoms with E-state index in [0.29, 0.717) is 13.0 Å². The highest BCUT2D eigenvalue weighted by Gasteiger charge is 1.98. The molecule has 0 heterocycles. The van der Waals surface area contributed by atoms with Crippen LogP contribution in [0.25, 0.3) is 0 Å². The monoisotopic (exact) mass is 226 g/mol. The third-order valence-electron chi connectivity index (χ3n) is 2.07. The lowest BCUT2D eigenvalue weighted by atomic mass is 10.1. The second-order valence-electron chi connectivity index (χ2n) is 3.29. The van der Waals surface area contributed by atoms with Gasteiger partial charge in [0.25, 0.3) is 0 Å². The Balaban J connectivity index is 2.39. The van der Waals surface area contributed by atoms with Gasteiger partial charge < -0.3 is 4.74 Å². The van der Waals surface area contributed by atoms with Crippen LogP contribution in [0, 0.1) is 0 Å². The largest absolute Gasteiger partial charge is 0.494 e. The first kappa shape index (κ1) is 12.1. The Morgan fingerprint density at radius 2 is 2.00 bits per heavy atom. The lowest BCUT2D eigenvalue weighted by Gasteiger charge is -2.04. The first-order chi connectivity index (χ1) is 7.22. The van der Waals surface area contributed by atoms with Crippen LogP contribution in [-0.2, 0) is 11.2 Å². The highest BCUT2D eigenvalue weighted by molar-refractivity contribution is 6.63. The van der Waals surface area contributed by atoms with E-state index in [1.807, 2.05) is 31.2 Å². The van der Waals surface area contributed by atoms with Crippen LogP contribution in [-0.4, -0.2) is 11.8 Å². The van der Waals surface area contributed by atoms with Gasteiger partial charge in [-0.3, -0.25) is 4.79 Å². The quantitative estimate of drug-likeness (QED) is 0.697. The maximum absolute atomic E-state index is 10.5. The minimum Gasteiger partial charge on any atom is -0.494 e. The molecule has 0 aliphatic heterocycles. The molecule has 0 fully saturated rings. The van der Waals surface area contributed by atoms with Crippen molar-refractivity contribution in [3.8, 4) is 5.75 Å². The van der Waals surface area contributed by atoms with Crippen LogP contribution in [0.15, 0.2) is 24.3 Å². The molecule has 0 radical (unpaired) electrons. The molecule has 0 N–H and O–H groups in total. The summed E-state index contributed by atoms with van der Waals surface area (Å²) < 4.78 is 5.33. The predicted molar refractivity (Wildman–Crippen MR) is 61.4 cm³/mol. The molecule has 0 bridgehead atoms. The molecule has 0 aliphatic carbocycles. The van der Waals surface area contributed by atoms with Crippen LogP contribution in [0.3, 0.4) is 0 Å². The van der Waals surface area contributed by atoms with Crippen molar-refractivity contribution in [2.24, 2.45) is 0 Å². The molecule has 0 atom stereocenters. The molecule has 82 valence electrons. The maximum Gasteiger partial charge on any atom is 0.221 e. The van der Waals surface area contributed by atoms with Crippen molar-refractivity contribution in [2.45, 2.75) is 26.2 Å². The second kappa shape index (κ2) is 6.46. The van der Waals surface area contributed by atoms with Crippen LogP contribution >= 0.6 is 11.6 Å². The molecule has 0 saturated heterocycles. The van der Waals surface area contributed by atoms with Crippen molar-refractivity contribution in [1.82, 2.24) is 0 Å². The van der Waals surface area contributed by atoms with Crippen LogP contribution in [0.2, 0.25) is 0 Å². The molecular formula is C12H15ClO2. The summed E-state index contributed by atoms with van der Waals surface area (Å²) in [7, 11) is 0. The summed E-state index contributed by atoms with van der Waals surface area (Å²) in [5, 5.41) is -0.263. The smallest absolute Gasteiger partial charge is 0.221 e. The summed E-state index contributed by atoms with van der Waals surface area (Å²) in [6, 6.07) is 7.93. The average Bonchev–Trinajstić information content (AvgIpc) is 2.20. The van der Waals surface area contributed by atoms with E-state index in [1.54, 1.807) is 0 Å². The van der Waals surface area contributed by atoms with Crippen LogP contribution in [0.5, 0.6) is 5.75 Å². The van der Waals surface area contributed by atoms with E-state index in [9.17, 15) is 4.79 Å². The minimum atomic E-state index is -0.263. The number of aryl methyl sites for hydroxylation is 1. The van der Waals surface area contributed by atoms with Gasteiger partial charge in [0.1, 0.15) is 5.75 Å². The van der Waals surface area contributed by atoms with Gasteiger partial charge in [0, 0.05) is 6.42 Å². The van der Waals surface area contributed by atoms with Gasteiger partial charge in [-0.2, -0.15) is 0 Å². The fourth-order valence-electron chi connectivity index (χ4n) is 1.35. The van der Waals surface area contributed by atoms with Crippen molar-refractivity contribution in [1.29, 1.82) is 0 Å². The lowest BCUT2D eigenvalue weighted by molar-refractivity contribution is -0.111. The topological polar surface area (TPSA) is 26.3 Å². The third kappa shape index (κ3) is 4.84. The molecule has 15 heavy (non-hydrogen) atoms. The zero-order valence-corrected chi connectivity index (χ0v) is 9.59. The van der Waals surface area contributed by atoms with Gasteiger partial charge in [0.2, 0.25) is 5.24 Å². The van der Waals surface area contributed by atoms with Gasteiger partial charge in [-0.05, 0) is 49.1 Å². The molecule has 1 rings (SSSR count). The highest BCUT2D eigenvalue weighted by Crippen LogP contribution is 2.14. The number of hydrogen-bond acceptors (Lipinski definition) is 2. The van der Waals surface area contributed by atoms with Crippen LogP contribution < -0.4 is 4.74 Å². The van der Waals surface area contributed by atoms with E-state index in [4.69, 9.17) is 16.3 Å². The Bertz CT molecular complexity index is 306. The fraction of sp³-hybridized carbons (Fsp3) is 0.417. The Hall–Kier alpha value is -1.02. The van der Waals surface area contributed by atoms with Gasteiger partial charge >= 0.3 is 0 Å². The SMILES string of the molecule is CCOc1ccc(CCCC(=O)Cl)cc1. The summed E-state index contributed by atoms with van der Waals surface area (Å²) in [6.45, 7) is 2.64. The summed E-state index contributed by atoms with van der Waals surface area (Å²) in [5.41, 5.74) is 1.20. The molecule has 0 spiro atoms. The van der Waals surface area contributed by atoms with Gasteiger partial charge in [-0.15, -0.1) is 0 Å². The van der Waals surface area contributed by atoms with Crippen molar-refractivity contribution in [3.05, 3.63) is 29.8 Å². The van der Waals surface area contributed by atoms with E-state index in [0.717, 1.165) is 18.6 Å². The summed E-state index contributed by atoms with van der Waals surface area (Å²) >= 11 is 5.25. The van der Waals surface area contributed by atoms with Gasteiger partial charge in [-0.25, -0.2) is 0 Å². The fourth-order valence-corrected chi connectivity index (χ4v) is 1.48. The number of carbonyl (C=O) groups is 1. The first-order valence-corrected chi connectivity index (χ1v) is 5.50. The number of hydrogen-bond donors (Lipinski definition) is 0. The minimum absolute atomic E-state index is 0.263. The van der Waals surface area contributed by atoms with Crippen LogP contribution in [0.1, 0.15) is 25.3 Å². The number of halogens is 1. The lowest BCUT2D eigenvalue weighted by Crippen LogP contribution is -1.93. The number of rotatable bonds is 6. The predicted octanol–water partition coefficient (Wildman–Crippen LogP) is 3.17. The number of carbonyl (C=O) groups excluding carboxylic acids is 1. The number of ether oxygens (including phenoxy) is 1. The van der Waals surface area contributed by atoms with E-state index in [1.165, 1.54) is 5.56 Å². The Labute approximate surface area is 95.2 Å². The molecule has 0 saturated carbocycles. The van der Waals surface area contributed by atoms with Crippen molar-refractivity contribution in [2.75, 3.05) is 6.61 Å². The zero-order chi connectivity index (χ0) is 11.1. The third-order valence-corrected chi connectivity index (χ3v) is 2.26. The van der Waals surface area contributed by atoms with Gasteiger partial charge in [0.15, 0.2) is 0 Å². The standard InChI is InChI=1S/C12H15ClO2/c1-2-15-11-8-6-10(7-9-11)4-3-5-12(13)14/h6-9H,2-5H2,1H3. The molecule has 3 heteroatoms. The molecule has 1 aromatic carbocycles. The molecular weight excluding hydrogens is 212 g/mol. The van der Waals surface area contributed by atoms with Gasteiger partial charge in [0.05, 0.1) is 6.61 Å². The summed E-state index contributed by atoms with van der Waals surface area (Å²) in [4.78, 5) is 10.5. The first-order valence-electron chi connectivity index (χ1n) is 5.12. The number of benzene rings is 1. The maximum atomic E-state index is 10.5. The molecule has 0 amide bonds. The van der Waals surface area contributed by atoms with E-state index in [2.05, 4.69) is 0 Å². The Morgan fingerprint density at radius 3 is 2.53 bits per heavy atom. The zero-order valence-electron chi connectivity index (χ0n) is 8.83. The Morgan fingerprint density at radius 1 is 1.33 bits per heavy atom. The molecule has 2 nitrogen and oxygen atoms in total. The molecule has 1 aromatic rings.